The van der Waals surface area contributed by atoms with Crippen molar-refractivity contribution < 1.29 is 9.15 Å². The number of thiazole rings is 1. The van der Waals surface area contributed by atoms with Gasteiger partial charge in [-0.05, 0) is 18.4 Å². The van der Waals surface area contributed by atoms with Crippen LogP contribution < -0.4 is 0 Å². The van der Waals surface area contributed by atoms with E-state index >= 15 is 0 Å². The van der Waals surface area contributed by atoms with Crippen LogP contribution in [0.5, 0.6) is 0 Å². The minimum atomic E-state index is 0.0193. The molecule has 2 atom stereocenters. The third-order valence-electron chi connectivity index (χ3n) is 3.90. The van der Waals surface area contributed by atoms with E-state index in [1.807, 2.05) is 29.1 Å². The minimum Gasteiger partial charge on any atom is -0.418 e. The molecular formula is C15H16N4O2S2. The molecule has 1 aliphatic heterocycles. The smallest absolute Gasteiger partial charge is 0.257 e. The summed E-state index contributed by atoms with van der Waals surface area (Å²) >= 11 is 3.23. The molecule has 4 rings (SSSR count). The first-order valence-electron chi connectivity index (χ1n) is 7.43. The standard InChI is InChI=1S/C15H16N4O2S2/c1-10(13-17-18-14(21-13)12-3-2-7-22-12)19-5-6-20-11(9-19)15-16-4-8-23-15/h2-4,7-8,10-11H,5-6,9H2,1H3/t10-,11-/m0/s1. The SMILES string of the molecule is C[C@@H](c1nnc(-c2cccs2)o1)N1CCO[C@H](c2nccs2)C1. The number of aromatic nitrogens is 3. The Morgan fingerprint density at radius 2 is 2.26 bits per heavy atom. The summed E-state index contributed by atoms with van der Waals surface area (Å²) in [5, 5.41) is 13.4. The molecule has 1 aliphatic rings. The average Bonchev–Trinajstić information content (AvgIpc) is 3.36. The maximum absolute atomic E-state index is 5.86. The molecule has 3 aromatic rings. The molecular weight excluding hydrogens is 332 g/mol. The molecule has 0 bridgehead atoms. The van der Waals surface area contributed by atoms with Gasteiger partial charge in [-0.2, -0.15) is 0 Å². The predicted octanol–water partition coefficient (Wildman–Crippen LogP) is 3.39. The molecule has 3 aromatic heterocycles. The highest BCUT2D eigenvalue weighted by Gasteiger charge is 2.29. The fraction of sp³-hybridized carbons (Fsp3) is 0.400. The largest absolute Gasteiger partial charge is 0.418 e. The van der Waals surface area contributed by atoms with Gasteiger partial charge in [0.05, 0.1) is 17.5 Å². The van der Waals surface area contributed by atoms with Crippen molar-refractivity contribution in [1.82, 2.24) is 20.1 Å². The van der Waals surface area contributed by atoms with E-state index in [1.54, 1.807) is 22.7 Å². The molecule has 4 heterocycles. The maximum Gasteiger partial charge on any atom is 0.257 e. The van der Waals surface area contributed by atoms with Crippen molar-refractivity contribution in [3.63, 3.8) is 0 Å². The monoisotopic (exact) mass is 348 g/mol. The van der Waals surface area contributed by atoms with Gasteiger partial charge in [-0.15, -0.1) is 32.9 Å². The van der Waals surface area contributed by atoms with Crippen LogP contribution >= 0.6 is 22.7 Å². The van der Waals surface area contributed by atoms with E-state index in [0.717, 1.165) is 23.0 Å². The summed E-state index contributed by atoms with van der Waals surface area (Å²) in [6, 6.07) is 4.02. The first kappa shape index (κ1) is 14.9. The Bertz CT molecular complexity index is 741. The molecule has 0 amide bonds. The van der Waals surface area contributed by atoms with Crippen LogP contribution in [-0.4, -0.2) is 39.8 Å². The summed E-state index contributed by atoms with van der Waals surface area (Å²) < 4.78 is 11.7. The maximum atomic E-state index is 5.86. The van der Waals surface area contributed by atoms with Gasteiger partial charge in [-0.25, -0.2) is 4.98 Å². The lowest BCUT2D eigenvalue weighted by atomic mass is 10.2. The van der Waals surface area contributed by atoms with Crippen molar-refractivity contribution in [3.05, 3.63) is 40.0 Å². The van der Waals surface area contributed by atoms with Crippen LogP contribution in [0.15, 0.2) is 33.5 Å². The van der Waals surface area contributed by atoms with E-state index in [0.29, 0.717) is 18.4 Å². The fourth-order valence-electron chi connectivity index (χ4n) is 2.62. The van der Waals surface area contributed by atoms with Gasteiger partial charge in [0.2, 0.25) is 5.89 Å². The van der Waals surface area contributed by atoms with Gasteiger partial charge in [0.25, 0.3) is 5.89 Å². The van der Waals surface area contributed by atoms with Crippen molar-refractivity contribution in [2.45, 2.75) is 19.1 Å². The molecule has 0 spiro atoms. The van der Waals surface area contributed by atoms with Crippen molar-refractivity contribution in [2.24, 2.45) is 0 Å². The van der Waals surface area contributed by atoms with Gasteiger partial charge in [-0.3, -0.25) is 4.90 Å². The zero-order chi connectivity index (χ0) is 15.6. The van der Waals surface area contributed by atoms with Crippen LogP contribution in [0.25, 0.3) is 10.8 Å². The number of rotatable bonds is 4. The Labute approximate surface area is 141 Å². The van der Waals surface area contributed by atoms with E-state index in [-0.39, 0.29) is 12.1 Å². The molecule has 23 heavy (non-hydrogen) atoms. The molecule has 8 heteroatoms. The van der Waals surface area contributed by atoms with Gasteiger partial charge in [0, 0.05) is 24.7 Å². The third kappa shape index (κ3) is 3.07. The molecule has 6 nitrogen and oxygen atoms in total. The highest BCUT2D eigenvalue weighted by Crippen LogP contribution is 2.30. The van der Waals surface area contributed by atoms with E-state index in [1.165, 1.54) is 0 Å². The highest BCUT2D eigenvalue weighted by atomic mass is 32.1. The summed E-state index contributed by atoms with van der Waals surface area (Å²) in [5.74, 6) is 1.24. The van der Waals surface area contributed by atoms with Crippen LogP contribution in [0.1, 0.15) is 30.0 Å². The highest BCUT2D eigenvalue weighted by molar-refractivity contribution is 7.13. The molecule has 0 aliphatic carbocycles. The van der Waals surface area contributed by atoms with Crippen LogP contribution in [0.2, 0.25) is 0 Å². The molecule has 120 valence electrons. The van der Waals surface area contributed by atoms with Crippen molar-refractivity contribution in [3.8, 4) is 10.8 Å². The normalized spacial score (nSPS) is 20.7. The average molecular weight is 348 g/mol. The van der Waals surface area contributed by atoms with E-state index in [9.17, 15) is 0 Å². The third-order valence-corrected chi connectivity index (χ3v) is 5.63. The Balaban J connectivity index is 1.49. The first-order chi connectivity index (χ1) is 11.3. The predicted molar refractivity (Wildman–Crippen MR) is 88.4 cm³/mol. The van der Waals surface area contributed by atoms with Gasteiger partial charge >= 0.3 is 0 Å². The zero-order valence-corrected chi connectivity index (χ0v) is 14.2. The number of morpholine rings is 1. The zero-order valence-electron chi connectivity index (χ0n) is 12.6. The number of hydrogen-bond acceptors (Lipinski definition) is 8. The van der Waals surface area contributed by atoms with Crippen LogP contribution in [0.4, 0.5) is 0 Å². The van der Waals surface area contributed by atoms with Crippen molar-refractivity contribution in [2.75, 3.05) is 19.7 Å². The Morgan fingerprint density at radius 1 is 1.30 bits per heavy atom. The molecule has 1 saturated heterocycles. The topological polar surface area (TPSA) is 64.3 Å². The summed E-state index contributed by atoms with van der Waals surface area (Å²) in [6.07, 6.45) is 1.84. The molecule has 0 radical (unpaired) electrons. The molecule has 0 saturated carbocycles. The number of nitrogens with zero attached hydrogens (tertiary/aromatic N) is 4. The lowest BCUT2D eigenvalue weighted by Gasteiger charge is -2.34. The summed E-state index contributed by atoms with van der Waals surface area (Å²) in [4.78, 5) is 7.67. The molecule has 0 aromatic carbocycles. The van der Waals surface area contributed by atoms with Crippen LogP contribution in [0, 0.1) is 0 Å². The van der Waals surface area contributed by atoms with E-state index in [2.05, 4.69) is 27.0 Å². The summed E-state index contributed by atoms with van der Waals surface area (Å²) in [7, 11) is 0. The Hall–Kier alpha value is -1.61. The lowest BCUT2D eigenvalue weighted by Crippen LogP contribution is -2.39. The second kappa shape index (κ2) is 6.48. The van der Waals surface area contributed by atoms with Crippen LogP contribution in [-0.2, 0) is 4.74 Å². The quantitative estimate of drug-likeness (QED) is 0.720. The van der Waals surface area contributed by atoms with E-state index < -0.39 is 0 Å². The Kier molecular flexibility index (Phi) is 4.21. The van der Waals surface area contributed by atoms with Crippen LogP contribution in [0.3, 0.4) is 0 Å². The van der Waals surface area contributed by atoms with Gasteiger partial charge in [0.1, 0.15) is 11.1 Å². The van der Waals surface area contributed by atoms with Crippen molar-refractivity contribution in [1.29, 1.82) is 0 Å². The lowest BCUT2D eigenvalue weighted by molar-refractivity contribution is -0.0464. The summed E-state index contributed by atoms with van der Waals surface area (Å²) in [5.41, 5.74) is 0. The number of ether oxygens (including phenoxy) is 1. The minimum absolute atomic E-state index is 0.0193. The number of thiophene rings is 1. The molecule has 0 N–H and O–H groups in total. The van der Waals surface area contributed by atoms with Crippen molar-refractivity contribution >= 4 is 22.7 Å². The van der Waals surface area contributed by atoms with Gasteiger partial charge in [0.15, 0.2) is 0 Å². The second-order valence-corrected chi connectivity index (χ2v) is 7.20. The molecule has 0 unspecified atom stereocenters. The summed E-state index contributed by atoms with van der Waals surface area (Å²) in [6.45, 7) is 4.40. The second-order valence-electron chi connectivity index (χ2n) is 5.32. The number of hydrogen-bond donors (Lipinski definition) is 0. The fourth-order valence-corrected chi connectivity index (χ4v) is 3.94. The van der Waals surface area contributed by atoms with Gasteiger partial charge in [-0.1, -0.05) is 6.07 Å². The first-order valence-corrected chi connectivity index (χ1v) is 9.19. The van der Waals surface area contributed by atoms with E-state index in [4.69, 9.17) is 9.15 Å². The Morgan fingerprint density at radius 3 is 3.04 bits per heavy atom. The molecule has 1 fully saturated rings. The van der Waals surface area contributed by atoms with Gasteiger partial charge < -0.3 is 9.15 Å².